The lowest BCUT2D eigenvalue weighted by atomic mass is 9.75. The Balaban J connectivity index is 1.36. The first kappa shape index (κ1) is 21.8. The zero-order valence-corrected chi connectivity index (χ0v) is 18.9. The Bertz CT molecular complexity index is 1050. The SMILES string of the molecule is O=C1N(Cc2ccccc2)[C@H]([C@H](O)c2ccccc2)CC12CCN(Cc1ccccn1)CC2. The van der Waals surface area contributed by atoms with Gasteiger partial charge in [0.25, 0.3) is 0 Å². The second-order valence-electron chi connectivity index (χ2n) is 9.42. The predicted octanol–water partition coefficient (Wildman–Crippen LogP) is 4.20. The van der Waals surface area contributed by atoms with E-state index < -0.39 is 11.5 Å². The highest BCUT2D eigenvalue weighted by Gasteiger charge is 2.54. The van der Waals surface area contributed by atoms with Crippen molar-refractivity contribution in [2.75, 3.05) is 13.1 Å². The fraction of sp³-hybridized carbons (Fsp3) is 0.357. The molecule has 0 unspecified atom stereocenters. The van der Waals surface area contributed by atoms with Crippen LogP contribution in [0.2, 0.25) is 0 Å². The van der Waals surface area contributed by atoms with Crippen LogP contribution in [0.5, 0.6) is 0 Å². The number of carbonyl (C=O) groups is 1. The van der Waals surface area contributed by atoms with E-state index in [0.717, 1.165) is 49.3 Å². The van der Waals surface area contributed by atoms with Gasteiger partial charge in [-0.3, -0.25) is 14.7 Å². The Hall–Kier alpha value is -3.02. The van der Waals surface area contributed by atoms with Crippen LogP contribution in [0.15, 0.2) is 85.1 Å². The Labute approximate surface area is 195 Å². The number of hydrogen-bond donors (Lipinski definition) is 1. The van der Waals surface area contributed by atoms with Gasteiger partial charge in [-0.25, -0.2) is 0 Å². The van der Waals surface area contributed by atoms with Crippen molar-refractivity contribution in [1.82, 2.24) is 14.8 Å². The topological polar surface area (TPSA) is 56.7 Å². The molecule has 2 aliphatic rings. The Morgan fingerprint density at radius 1 is 0.909 bits per heavy atom. The number of nitrogens with zero attached hydrogens (tertiary/aromatic N) is 3. The van der Waals surface area contributed by atoms with Crippen molar-refractivity contribution in [3.8, 4) is 0 Å². The number of benzene rings is 2. The van der Waals surface area contributed by atoms with E-state index in [1.165, 1.54) is 0 Å². The van der Waals surface area contributed by atoms with E-state index in [0.29, 0.717) is 13.0 Å². The molecule has 0 saturated carbocycles. The minimum Gasteiger partial charge on any atom is -0.386 e. The van der Waals surface area contributed by atoms with Crippen LogP contribution in [0.4, 0.5) is 0 Å². The number of aromatic nitrogens is 1. The number of amides is 1. The minimum atomic E-state index is -0.690. The molecule has 3 aromatic rings. The van der Waals surface area contributed by atoms with Gasteiger partial charge in [0, 0.05) is 19.3 Å². The quantitative estimate of drug-likeness (QED) is 0.623. The third-order valence-electron chi connectivity index (χ3n) is 7.34. The second kappa shape index (κ2) is 9.46. The maximum atomic E-state index is 13.9. The molecule has 2 fully saturated rings. The van der Waals surface area contributed by atoms with E-state index in [1.54, 1.807) is 0 Å². The highest BCUT2D eigenvalue weighted by molar-refractivity contribution is 5.85. The van der Waals surface area contributed by atoms with Crippen LogP contribution in [-0.4, -0.2) is 44.9 Å². The number of carbonyl (C=O) groups excluding carboxylic acids is 1. The molecule has 0 aliphatic carbocycles. The van der Waals surface area contributed by atoms with Crippen LogP contribution in [0.25, 0.3) is 0 Å². The van der Waals surface area contributed by atoms with E-state index in [1.807, 2.05) is 71.8 Å². The van der Waals surface area contributed by atoms with Crippen molar-refractivity contribution in [3.05, 3.63) is 102 Å². The van der Waals surface area contributed by atoms with Gasteiger partial charge in [0.1, 0.15) is 0 Å². The number of aliphatic hydroxyl groups is 1. The molecule has 5 nitrogen and oxygen atoms in total. The molecule has 2 aromatic carbocycles. The van der Waals surface area contributed by atoms with E-state index in [4.69, 9.17) is 0 Å². The Morgan fingerprint density at radius 2 is 1.58 bits per heavy atom. The Kier molecular flexibility index (Phi) is 6.25. The first-order valence-electron chi connectivity index (χ1n) is 11.8. The third kappa shape index (κ3) is 4.56. The van der Waals surface area contributed by atoms with Gasteiger partial charge >= 0.3 is 0 Å². The second-order valence-corrected chi connectivity index (χ2v) is 9.42. The molecule has 33 heavy (non-hydrogen) atoms. The standard InChI is InChI=1S/C28H31N3O2/c32-26(23-11-5-2-6-12-23)25-19-28(27(33)31(25)20-22-9-3-1-4-10-22)14-17-30(18-15-28)21-24-13-7-8-16-29-24/h1-13,16,25-26,32H,14-15,17-21H2/t25-,26+/m0/s1. The summed E-state index contributed by atoms with van der Waals surface area (Å²) >= 11 is 0. The monoisotopic (exact) mass is 441 g/mol. The normalized spacial score (nSPS) is 21.4. The van der Waals surface area contributed by atoms with Gasteiger partial charge in [-0.05, 0) is 55.6 Å². The van der Waals surface area contributed by atoms with E-state index in [9.17, 15) is 9.90 Å². The van der Waals surface area contributed by atoms with Crippen LogP contribution in [0.3, 0.4) is 0 Å². The summed E-state index contributed by atoms with van der Waals surface area (Å²) in [6, 6.07) is 25.7. The zero-order chi connectivity index (χ0) is 22.7. The van der Waals surface area contributed by atoms with Crippen molar-refractivity contribution < 1.29 is 9.90 Å². The first-order valence-corrected chi connectivity index (χ1v) is 11.8. The molecule has 170 valence electrons. The van der Waals surface area contributed by atoms with Gasteiger partial charge in [-0.15, -0.1) is 0 Å². The van der Waals surface area contributed by atoms with Gasteiger partial charge in [-0.1, -0.05) is 66.7 Å². The minimum absolute atomic E-state index is 0.198. The smallest absolute Gasteiger partial charge is 0.229 e. The molecule has 5 rings (SSSR count). The van der Waals surface area contributed by atoms with Crippen molar-refractivity contribution in [2.45, 2.75) is 44.5 Å². The summed E-state index contributed by atoms with van der Waals surface area (Å²) in [4.78, 5) is 22.7. The molecule has 1 aromatic heterocycles. The molecule has 2 aliphatic heterocycles. The summed E-state index contributed by atoms with van der Waals surface area (Å²) in [7, 11) is 0. The summed E-state index contributed by atoms with van der Waals surface area (Å²) < 4.78 is 0. The lowest BCUT2D eigenvalue weighted by molar-refractivity contribution is -0.140. The van der Waals surface area contributed by atoms with Crippen molar-refractivity contribution in [3.63, 3.8) is 0 Å². The largest absolute Gasteiger partial charge is 0.386 e. The van der Waals surface area contributed by atoms with E-state index in [-0.39, 0.29) is 11.9 Å². The van der Waals surface area contributed by atoms with Crippen molar-refractivity contribution in [2.24, 2.45) is 5.41 Å². The number of hydrogen-bond acceptors (Lipinski definition) is 4. The van der Waals surface area contributed by atoms with Crippen LogP contribution in [0.1, 0.15) is 42.2 Å². The summed E-state index contributed by atoms with van der Waals surface area (Å²) in [6.45, 7) is 3.09. The molecular formula is C28H31N3O2. The van der Waals surface area contributed by atoms with Crippen LogP contribution in [-0.2, 0) is 17.9 Å². The van der Waals surface area contributed by atoms with Crippen LogP contribution >= 0.6 is 0 Å². The van der Waals surface area contributed by atoms with Crippen molar-refractivity contribution in [1.29, 1.82) is 0 Å². The van der Waals surface area contributed by atoms with Gasteiger partial charge in [0.15, 0.2) is 0 Å². The highest BCUT2D eigenvalue weighted by Crippen LogP contribution is 2.48. The lowest BCUT2D eigenvalue weighted by Crippen LogP contribution is -2.44. The molecule has 0 radical (unpaired) electrons. The maximum absolute atomic E-state index is 13.9. The number of piperidine rings is 1. The number of likely N-dealkylation sites (tertiary alicyclic amines) is 2. The summed E-state index contributed by atoms with van der Waals surface area (Å²) in [6.07, 6.45) is 3.48. The molecule has 0 bridgehead atoms. The average Bonchev–Trinajstić information content (AvgIpc) is 3.13. The fourth-order valence-corrected chi connectivity index (χ4v) is 5.45. The maximum Gasteiger partial charge on any atom is 0.229 e. The molecule has 1 spiro atoms. The first-order chi connectivity index (χ1) is 16.1. The Morgan fingerprint density at radius 3 is 2.24 bits per heavy atom. The molecule has 5 heteroatoms. The third-order valence-corrected chi connectivity index (χ3v) is 7.34. The molecular weight excluding hydrogens is 410 g/mol. The predicted molar refractivity (Wildman–Crippen MR) is 128 cm³/mol. The highest BCUT2D eigenvalue weighted by atomic mass is 16.3. The van der Waals surface area contributed by atoms with Crippen LogP contribution in [0, 0.1) is 5.41 Å². The van der Waals surface area contributed by atoms with E-state index >= 15 is 0 Å². The summed E-state index contributed by atoms with van der Waals surface area (Å²) in [5.74, 6) is 0.198. The fourth-order valence-electron chi connectivity index (χ4n) is 5.45. The number of aliphatic hydroxyl groups excluding tert-OH is 1. The molecule has 2 atom stereocenters. The average molecular weight is 442 g/mol. The number of rotatable bonds is 6. The van der Waals surface area contributed by atoms with Gasteiger partial charge in [-0.2, -0.15) is 0 Å². The van der Waals surface area contributed by atoms with Gasteiger partial charge < -0.3 is 10.0 Å². The zero-order valence-electron chi connectivity index (χ0n) is 18.9. The molecule has 1 N–H and O–H groups in total. The summed E-state index contributed by atoms with van der Waals surface area (Å²) in [5.41, 5.74) is 2.64. The van der Waals surface area contributed by atoms with Crippen LogP contribution < -0.4 is 0 Å². The lowest BCUT2D eigenvalue weighted by Gasteiger charge is -2.37. The number of pyridine rings is 1. The molecule has 3 heterocycles. The van der Waals surface area contributed by atoms with E-state index in [2.05, 4.69) is 28.1 Å². The van der Waals surface area contributed by atoms with Gasteiger partial charge in [0.05, 0.1) is 23.3 Å². The summed E-state index contributed by atoms with van der Waals surface area (Å²) in [5, 5.41) is 11.3. The molecule has 2 saturated heterocycles. The van der Waals surface area contributed by atoms with Crippen molar-refractivity contribution >= 4 is 5.91 Å². The molecule has 1 amide bonds. The van der Waals surface area contributed by atoms with Gasteiger partial charge in [0.2, 0.25) is 5.91 Å².